The number of nitrogens with two attached hydrogens (primary N) is 1. The standard InChI is InChI=1S/C26H24N4O2/c27-26(32)20-13-5-4-12-19(20)24(30-22-15-7-9-17-29-22)23(21-14-6-8-16-28-21)25(31)18-10-2-1-3-11-18/h1-17,23-25,31H,(H2,27,32)(H,29,30). The van der Waals surface area contributed by atoms with E-state index in [9.17, 15) is 9.90 Å². The number of carbonyl (C=O) groups is 1. The second-order valence-corrected chi connectivity index (χ2v) is 7.42. The molecule has 160 valence electrons. The van der Waals surface area contributed by atoms with Crippen LogP contribution in [0.4, 0.5) is 5.82 Å². The second kappa shape index (κ2) is 9.85. The second-order valence-electron chi connectivity index (χ2n) is 7.42. The largest absolute Gasteiger partial charge is 0.388 e. The first-order valence-corrected chi connectivity index (χ1v) is 10.4. The van der Waals surface area contributed by atoms with E-state index < -0.39 is 24.0 Å². The van der Waals surface area contributed by atoms with Crippen LogP contribution in [0.3, 0.4) is 0 Å². The number of hydrogen-bond acceptors (Lipinski definition) is 5. The number of hydrogen-bond donors (Lipinski definition) is 3. The van der Waals surface area contributed by atoms with Gasteiger partial charge >= 0.3 is 0 Å². The Balaban J connectivity index is 1.89. The molecule has 0 saturated heterocycles. The van der Waals surface area contributed by atoms with Gasteiger partial charge in [0.05, 0.1) is 18.1 Å². The van der Waals surface area contributed by atoms with Gasteiger partial charge in [0.1, 0.15) is 5.82 Å². The Hall–Kier alpha value is -4.03. The van der Waals surface area contributed by atoms with Crippen molar-refractivity contribution in [3.8, 4) is 0 Å². The van der Waals surface area contributed by atoms with Gasteiger partial charge < -0.3 is 16.2 Å². The Labute approximate surface area is 186 Å². The first kappa shape index (κ1) is 21.2. The van der Waals surface area contributed by atoms with Crippen molar-refractivity contribution in [1.82, 2.24) is 9.97 Å². The molecule has 0 fully saturated rings. The third kappa shape index (κ3) is 4.66. The van der Waals surface area contributed by atoms with Crippen molar-refractivity contribution in [2.24, 2.45) is 5.73 Å². The van der Waals surface area contributed by atoms with E-state index in [1.165, 1.54) is 0 Å². The summed E-state index contributed by atoms with van der Waals surface area (Å²) >= 11 is 0. The molecule has 2 aromatic carbocycles. The zero-order valence-corrected chi connectivity index (χ0v) is 17.4. The molecular weight excluding hydrogens is 400 g/mol. The van der Waals surface area contributed by atoms with Crippen molar-refractivity contribution in [2.45, 2.75) is 18.1 Å². The summed E-state index contributed by atoms with van der Waals surface area (Å²) in [5.74, 6) is -0.471. The lowest BCUT2D eigenvalue weighted by atomic mass is 9.81. The monoisotopic (exact) mass is 424 g/mol. The minimum absolute atomic E-state index is 0.377. The summed E-state index contributed by atoms with van der Waals surface area (Å²) in [6.07, 6.45) is 2.47. The highest BCUT2D eigenvalue weighted by atomic mass is 16.3. The van der Waals surface area contributed by atoms with Gasteiger partial charge in [-0.1, -0.05) is 60.7 Å². The van der Waals surface area contributed by atoms with Crippen LogP contribution in [-0.4, -0.2) is 21.0 Å². The summed E-state index contributed by atoms with van der Waals surface area (Å²) in [7, 11) is 0. The van der Waals surface area contributed by atoms with Crippen LogP contribution in [0.1, 0.15) is 45.2 Å². The summed E-state index contributed by atoms with van der Waals surface area (Å²) in [6, 6.07) is 27.1. The number of aliphatic hydroxyl groups is 1. The number of benzene rings is 2. The molecule has 3 atom stereocenters. The number of primary amides is 1. The summed E-state index contributed by atoms with van der Waals surface area (Å²) in [5.41, 5.74) is 8.17. The molecule has 4 rings (SSSR count). The topological polar surface area (TPSA) is 101 Å². The van der Waals surface area contributed by atoms with Crippen LogP contribution in [0.5, 0.6) is 0 Å². The summed E-state index contributed by atoms with van der Waals surface area (Å²) in [4.78, 5) is 21.2. The van der Waals surface area contributed by atoms with E-state index in [1.54, 1.807) is 24.5 Å². The van der Waals surface area contributed by atoms with Crippen LogP contribution < -0.4 is 11.1 Å². The molecular formula is C26H24N4O2. The Kier molecular flexibility index (Phi) is 6.53. The number of pyridine rings is 2. The van der Waals surface area contributed by atoms with E-state index in [2.05, 4.69) is 15.3 Å². The van der Waals surface area contributed by atoms with Crippen LogP contribution in [-0.2, 0) is 0 Å². The van der Waals surface area contributed by atoms with Gasteiger partial charge in [0.25, 0.3) is 0 Å². The molecule has 2 heterocycles. The summed E-state index contributed by atoms with van der Waals surface area (Å²) in [6.45, 7) is 0. The molecule has 3 unspecified atom stereocenters. The van der Waals surface area contributed by atoms with E-state index in [0.29, 0.717) is 22.6 Å². The van der Waals surface area contributed by atoms with Crippen molar-refractivity contribution in [3.63, 3.8) is 0 Å². The quantitative estimate of drug-likeness (QED) is 0.393. The lowest BCUT2D eigenvalue weighted by Crippen LogP contribution is -2.28. The molecule has 6 heteroatoms. The normalized spacial score (nSPS) is 13.7. The molecule has 1 amide bonds. The molecule has 6 nitrogen and oxygen atoms in total. The van der Waals surface area contributed by atoms with E-state index >= 15 is 0 Å². The van der Waals surface area contributed by atoms with Crippen molar-refractivity contribution >= 4 is 11.7 Å². The number of rotatable bonds is 8. The predicted octanol–water partition coefficient (Wildman–Crippen LogP) is 4.25. The highest BCUT2D eigenvalue weighted by molar-refractivity contribution is 5.94. The first-order valence-electron chi connectivity index (χ1n) is 10.4. The fraction of sp³-hybridized carbons (Fsp3) is 0.115. The molecule has 0 saturated carbocycles. The molecule has 0 bridgehead atoms. The number of anilines is 1. The molecule has 4 N–H and O–H groups in total. The molecule has 4 aromatic rings. The molecule has 0 spiro atoms. The van der Waals surface area contributed by atoms with Crippen molar-refractivity contribution in [2.75, 3.05) is 5.32 Å². The Morgan fingerprint density at radius 3 is 2.12 bits per heavy atom. The van der Waals surface area contributed by atoms with Crippen molar-refractivity contribution < 1.29 is 9.90 Å². The number of aromatic nitrogens is 2. The van der Waals surface area contributed by atoms with E-state index in [4.69, 9.17) is 5.73 Å². The molecule has 32 heavy (non-hydrogen) atoms. The summed E-state index contributed by atoms with van der Waals surface area (Å²) in [5, 5.41) is 15.0. The minimum Gasteiger partial charge on any atom is -0.388 e. The lowest BCUT2D eigenvalue weighted by Gasteiger charge is -2.33. The predicted molar refractivity (Wildman–Crippen MR) is 124 cm³/mol. The SMILES string of the molecule is NC(=O)c1ccccc1C(Nc1ccccn1)C(c1ccccn1)C(O)c1ccccc1. The van der Waals surface area contributed by atoms with Gasteiger partial charge in [0.15, 0.2) is 0 Å². The number of aliphatic hydroxyl groups excluding tert-OH is 1. The van der Waals surface area contributed by atoms with Crippen LogP contribution in [0.2, 0.25) is 0 Å². The average Bonchev–Trinajstić information content (AvgIpc) is 2.85. The number of nitrogens with one attached hydrogen (secondary N) is 1. The summed E-state index contributed by atoms with van der Waals surface area (Å²) < 4.78 is 0. The molecule has 0 radical (unpaired) electrons. The Morgan fingerprint density at radius 2 is 1.47 bits per heavy atom. The maximum absolute atomic E-state index is 12.3. The maximum atomic E-state index is 12.3. The van der Waals surface area contributed by atoms with Gasteiger partial charge in [0, 0.05) is 23.7 Å². The number of nitrogens with zero attached hydrogens (tertiary/aromatic N) is 2. The van der Waals surface area contributed by atoms with Crippen molar-refractivity contribution in [3.05, 3.63) is 126 Å². The Bertz CT molecular complexity index is 1150. The van der Waals surface area contributed by atoms with E-state index in [-0.39, 0.29) is 0 Å². The first-order chi connectivity index (χ1) is 15.6. The zero-order chi connectivity index (χ0) is 22.3. The van der Waals surface area contributed by atoms with Crippen LogP contribution in [0.15, 0.2) is 103 Å². The molecule has 2 aromatic heterocycles. The fourth-order valence-corrected chi connectivity index (χ4v) is 3.91. The molecule has 0 aliphatic carbocycles. The van der Waals surface area contributed by atoms with Gasteiger partial charge in [-0.05, 0) is 41.5 Å². The highest BCUT2D eigenvalue weighted by Crippen LogP contribution is 2.42. The number of carbonyl (C=O) groups excluding carboxylic acids is 1. The van der Waals surface area contributed by atoms with E-state index in [1.807, 2.05) is 78.9 Å². The van der Waals surface area contributed by atoms with Crippen molar-refractivity contribution in [1.29, 1.82) is 0 Å². The zero-order valence-electron chi connectivity index (χ0n) is 17.4. The van der Waals surface area contributed by atoms with Gasteiger partial charge in [-0.2, -0.15) is 0 Å². The smallest absolute Gasteiger partial charge is 0.249 e. The van der Waals surface area contributed by atoms with Crippen LogP contribution >= 0.6 is 0 Å². The van der Waals surface area contributed by atoms with E-state index in [0.717, 1.165) is 5.56 Å². The number of amides is 1. The third-order valence-corrected chi connectivity index (χ3v) is 5.40. The molecule has 0 aliphatic heterocycles. The lowest BCUT2D eigenvalue weighted by molar-refractivity contribution is 0.0996. The van der Waals surface area contributed by atoms with Crippen LogP contribution in [0, 0.1) is 0 Å². The Morgan fingerprint density at radius 1 is 0.812 bits per heavy atom. The average molecular weight is 425 g/mol. The van der Waals surface area contributed by atoms with Gasteiger partial charge in [0.2, 0.25) is 5.91 Å². The third-order valence-electron chi connectivity index (χ3n) is 5.40. The maximum Gasteiger partial charge on any atom is 0.249 e. The van der Waals surface area contributed by atoms with Gasteiger partial charge in [-0.15, -0.1) is 0 Å². The van der Waals surface area contributed by atoms with Gasteiger partial charge in [-0.25, -0.2) is 4.98 Å². The molecule has 0 aliphatic rings. The fourth-order valence-electron chi connectivity index (χ4n) is 3.91. The van der Waals surface area contributed by atoms with Crippen LogP contribution in [0.25, 0.3) is 0 Å². The highest BCUT2D eigenvalue weighted by Gasteiger charge is 2.35. The van der Waals surface area contributed by atoms with Gasteiger partial charge in [-0.3, -0.25) is 9.78 Å². The minimum atomic E-state index is -0.909.